The summed E-state index contributed by atoms with van der Waals surface area (Å²) in [6.07, 6.45) is 1.27. The number of hydrogen-bond acceptors (Lipinski definition) is 2. The van der Waals surface area contributed by atoms with Gasteiger partial charge in [0.05, 0.1) is 6.04 Å². The van der Waals surface area contributed by atoms with Gasteiger partial charge in [-0.25, -0.2) is 0 Å². The van der Waals surface area contributed by atoms with Crippen LogP contribution >= 0.6 is 11.6 Å². The summed E-state index contributed by atoms with van der Waals surface area (Å²) >= 11 is 5.86. The maximum Gasteiger partial charge on any atom is 0.238 e. The lowest BCUT2D eigenvalue weighted by molar-refractivity contribution is -0.131. The van der Waals surface area contributed by atoms with Gasteiger partial charge in [-0.15, -0.1) is 11.6 Å². The van der Waals surface area contributed by atoms with Gasteiger partial charge in [-0.2, -0.15) is 0 Å². The van der Waals surface area contributed by atoms with Crippen molar-refractivity contribution in [2.24, 2.45) is 0 Å². The first-order valence-electron chi connectivity index (χ1n) is 8.80. The van der Waals surface area contributed by atoms with E-state index in [1.165, 1.54) is 0 Å². The number of anilines is 1. The smallest absolute Gasteiger partial charge is 0.238 e. The summed E-state index contributed by atoms with van der Waals surface area (Å²) in [5, 5.41) is 0. The summed E-state index contributed by atoms with van der Waals surface area (Å²) in [6.45, 7) is 2.51. The monoisotopic (exact) mass is 370 g/mol. The second kappa shape index (κ2) is 7.92. The molecular formula is C21H23ClN2O2. The molecule has 0 aromatic heterocycles. The van der Waals surface area contributed by atoms with Crippen molar-refractivity contribution in [3.63, 3.8) is 0 Å². The molecule has 136 valence electrons. The minimum Gasteiger partial charge on any atom is -0.331 e. The first-order chi connectivity index (χ1) is 12.5. The number of amides is 2. The number of benzene rings is 2. The zero-order chi connectivity index (χ0) is 18.7. The van der Waals surface area contributed by atoms with E-state index in [0.29, 0.717) is 13.0 Å². The van der Waals surface area contributed by atoms with Crippen LogP contribution in [0.25, 0.3) is 0 Å². The van der Waals surface area contributed by atoms with E-state index in [2.05, 4.69) is 6.07 Å². The van der Waals surface area contributed by atoms with Crippen LogP contribution in [0.2, 0.25) is 0 Å². The maximum absolute atomic E-state index is 12.5. The van der Waals surface area contributed by atoms with Crippen molar-refractivity contribution >= 4 is 29.1 Å². The second-order valence-corrected chi connectivity index (χ2v) is 6.93. The number of carbonyl (C=O) groups excluding carboxylic acids is 2. The Labute approximate surface area is 159 Å². The standard InChI is InChI=1S/C21H23ClN2O2/c1-15(17-6-4-3-5-7-17)24(21(26)13-22)14-16-8-10-19-18(12-16)9-11-20(25)23(19)2/h3-8,10,12,15H,9,11,13-14H2,1-2H3. The molecular weight excluding hydrogens is 348 g/mol. The van der Waals surface area contributed by atoms with E-state index < -0.39 is 0 Å². The average Bonchev–Trinajstić information content (AvgIpc) is 2.68. The van der Waals surface area contributed by atoms with Crippen molar-refractivity contribution in [3.8, 4) is 0 Å². The van der Waals surface area contributed by atoms with E-state index in [9.17, 15) is 9.59 Å². The molecule has 0 N–H and O–H groups in total. The molecule has 1 atom stereocenters. The van der Waals surface area contributed by atoms with Gasteiger partial charge in [0, 0.05) is 25.7 Å². The molecule has 26 heavy (non-hydrogen) atoms. The van der Waals surface area contributed by atoms with Crippen molar-refractivity contribution < 1.29 is 9.59 Å². The first-order valence-corrected chi connectivity index (χ1v) is 9.33. The molecule has 2 aromatic carbocycles. The third-order valence-corrected chi connectivity index (χ3v) is 5.25. The predicted octanol–water partition coefficient (Wildman–Crippen LogP) is 3.92. The molecule has 0 saturated carbocycles. The van der Waals surface area contributed by atoms with Crippen LogP contribution in [-0.4, -0.2) is 29.6 Å². The van der Waals surface area contributed by atoms with Gasteiger partial charge >= 0.3 is 0 Å². The lowest BCUT2D eigenvalue weighted by Crippen LogP contribution is -2.34. The molecule has 5 heteroatoms. The highest BCUT2D eigenvalue weighted by atomic mass is 35.5. The zero-order valence-corrected chi connectivity index (χ0v) is 15.9. The summed E-state index contributed by atoms with van der Waals surface area (Å²) in [6, 6.07) is 15.9. The third-order valence-electron chi connectivity index (χ3n) is 5.02. The molecule has 0 spiro atoms. The van der Waals surface area contributed by atoms with E-state index >= 15 is 0 Å². The normalized spacial score (nSPS) is 14.7. The van der Waals surface area contributed by atoms with Gasteiger partial charge in [0.2, 0.25) is 11.8 Å². The van der Waals surface area contributed by atoms with Crippen molar-refractivity contribution in [3.05, 3.63) is 65.2 Å². The summed E-state index contributed by atoms with van der Waals surface area (Å²) in [5.74, 6) is 0.00855. The fourth-order valence-corrected chi connectivity index (χ4v) is 3.59. The molecule has 0 radical (unpaired) electrons. The van der Waals surface area contributed by atoms with Crippen LogP contribution in [0.3, 0.4) is 0 Å². The van der Waals surface area contributed by atoms with Crippen LogP contribution in [0.5, 0.6) is 0 Å². The molecule has 2 amide bonds. The third kappa shape index (κ3) is 3.75. The molecule has 0 fully saturated rings. The zero-order valence-electron chi connectivity index (χ0n) is 15.1. The van der Waals surface area contributed by atoms with Crippen molar-refractivity contribution in [1.29, 1.82) is 0 Å². The highest BCUT2D eigenvalue weighted by molar-refractivity contribution is 6.27. The molecule has 1 unspecified atom stereocenters. The van der Waals surface area contributed by atoms with Gasteiger partial charge in [-0.3, -0.25) is 9.59 Å². The molecule has 1 aliphatic rings. The van der Waals surface area contributed by atoms with Crippen LogP contribution in [0.4, 0.5) is 5.69 Å². The van der Waals surface area contributed by atoms with Crippen LogP contribution in [0.1, 0.15) is 36.1 Å². The summed E-state index contributed by atoms with van der Waals surface area (Å²) in [7, 11) is 1.81. The fourth-order valence-electron chi connectivity index (χ4n) is 3.43. The average molecular weight is 371 g/mol. The highest BCUT2D eigenvalue weighted by Gasteiger charge is 2.24. The lowest BCUT2D eigenvalue weighted by Gasteiger charge is -2.30. The van der Waals surface area contributed by atoms with Crippen LogP contribution in [0.15, 0.2) is 48.5 Å². The summed E-state index contributed by atoms with van der Waals surface area (Å²) < 4.78 is 0. The maximum atomic E-state index is 12.5. The van der Waals surface area contributed by atoms with Gasteiger partial charge in [-0.1, -0.05) is 42.5 Å². The summed E-state index contributed by atoms with van der Waals surface area (Å²) in [4.78, 5) is 27.8. The molecule has 3 rings (SSSR count). The number of nitrogens with zero attached hydrogens (tertiary/aromatic N) is 2. The lowest BCUT2D eigenvalue weighted by atomic mass is 9.98. The van der Waals surface area contributed by atoms with Crippen molar-refractivity contribution in [2.45, 2.75) is 32.4 Å². The first kappa shape index (κ1) is 18.5. The van der Waals surface area contributed by atoms with E-state index in [1.807, 2.05) is 54.3 Å². The Morgan fingerprint density at radius 1 is 1.19 bits per heavy atom. The van der Waals surface area contributed by atoms with E-state index in [1.54, 1.807) is 11.9 Å². The Morgan fingerprint density at radius 3 is 2.62 bits per heavy atom. The Kier molecular flexibility index (Phi) is 5.62. The minimum absolute atomic E-state index is 0.0423. The molecule has 4 nitrogen and oxygen atoms in total. The second-order valence-electron chi connectivity index (χ2n) is 6.66. The largest absolute Gasteiger partial charge is 0.331 e. The quantitative estimate of drug-likeness (QED) is 0.748. The highest BCUT2D eigenvalue weighted by Crippen LogP contribution is 2.29. The van der Waals surface area contributed by atoms with E-state index in [0.717, 1.165) is 28.8 Å². The van der Waals surface area contributed by atoms with E-state index in [-0.39, 0.29) is 23.7 Å². The molecule has 0 saturated heterocycles. The van der Waals surface area contributed by atoms with Crippen LogP contribution < -0.4 is 4.90 Å². The Balaban J connectivity index is 1.86. The number of hydrogen-bond donors (Lipinski definition) is 0. The number of fused-ring (bicyclic) bond motifs is 1. The fraction of sp³-hybridized carbons (Fsp3) is 0.333. The number of rotatable bonds is 5. The minimum atomic E-state index is -0.0898. The number of halogens is 1. The van der Waals surface area contributed by atoms with Gasteiger partial charge in [-0.05, 0) is 36.1 Å². The van der Waals surface area contributed by atoms with Crippen LogP contribution in [-0.2, 0) is 22.6 Å². The van der Waals surface area contributed by atoms with Gasteiger partial charge in [0.25, 0.3) is 0 Å². The molecule has 2 aromatic rings. The molecule has 0 bridgehead atoms. The number of aryl methyl sites for hydroxylation is 1. The van der Waals surface area contributed by atoms with Crippen molar-refractivity contribution in [1.82, 2.24) is 4.90 Å². The predicted molar refractivity (Wildman–Crippen MR) is 104 cm³/mol. The van der Waals surface area contributed by atoms with E-state index in [4.69, 9.17) is 11.6 Å². The number of alkyl halides is 1. The topological polar surface area (TPSA) is 40.6 Å². The molecule has 1 aliphatic heterocycles. The summed E-state index contributed by atoms with van der Waals surface area (Å²) in [5.41, 5.74) is 4.23. The Morgan fingerprint density at radius 2 is 1.92 bits per heavy atom. The van der Waals surface area contributed by atoms with Crippen molar-refractivity contribution in [2.75, 3.05) is 17.8 Å². The number of carbonyl (C=O) groups is 2. The molecule has 0 aliphatic carbocycles. The van der Waals surface area contributed by atoms with Gasteiger partial charge in [0.15, 0.2) is 0 Å². The SMILES string of the molecule is CC(c1ccccc1)N(Cc1ccc2c(c1)CCC(=O)N2C)C(=O)CCl. The Hall–Kier alpha value is -2.33. The molecule has 1 heterocycles. The Bertz CT molecular complexity index is 807. The van der Waals surface area contributed by atoms with Crippen LogP contribution in [0, 0.1) is 0 Å². The van der Waals surface area contributed by atoms with Gasteiger partial charge < -0.3 is 9.80 Å². The van der Waals surface area contributed by atoms with Gasteiger partial charge in [0.1, 0.15) is 5.88 Å².